The van der Waals surface area contributed by atoms with Gasteiger partial charge in [0.2, 0.25) is 0 Å². The average Bonchev–Trinajstić information content (AvgIpc) is 3.09. The predicted molar refractivity (Wildman–Crippen MR) is 72.4 cm³/mol. The third-order valence-electron chi connectivity index (χ3n) is 2.57. The summed E-state index contributed by atoms with van der Waals surface area (Å²) < 4.78 is 0. The molecule has 0 atom stereocenters. The van der Waals surface area contributed by atoms with Gasteiger partial charge in [-0.2, -0.15) is 5.10 Å². The second-order valence-electron chi connectivity index (χ2n) is 3.61. The number of aromatic nitrogens is 3. The number of thiophene rings is 2. The fourth-order valence-electron chi connectivity index (χ4n) is 1.70. The van der Waals surface area contributed by atoms with Crippen molar-refractivity contribution in [3.05, 3.63) is 34.5 Å². The van der Waals surface area contributed by atoms with Crippen LogP contribution in [0.25, 0.3) is 21.4 Å². The second kappa shape index (κ2) is 4.43. The summed E-state index contributed by atoms with van der Waals surface area (Å²) in [5, 5.41) is 11.4. The molecule has 3 aromatic rings. The number of nitrogens with one attached hydrogen (secondary N) is 1. The van der Waals surface area contributed by atoms with Crippen LogP contribution in [0.15, 0.2) is 29.0 Å². The first-order valence-electron chi connectivity index (χ1n) is 5.41. The van der Waals surface area contributed by atoms with Gasteiger partial charge in [-0.15, -0.1) is 22.7 Å². The van der Waals surface area contributed by atoms with Gasteiger partial charge in [0, 0.05) is 0 Å². The number of H-pyrrole nitrogens is 1. The van der Waals surface area contributed by atoms with Gasteiger partial charge in [0.1, 0.15) is 0 Å². The molecule has 3 heterocycles. The van der Waals surface area contributed by atoms with E-state index in [1.807, 2.05) is 17.5 Å². The SMILES string of the molecule is CCc1ccsc1-c1nc(-c2cccs2)n[nH]1. The van der Waals surface area contributed by atoms with Crippen LogP contribution in [0.4, 0.5) is 0 Å². The molecule has 0 amide bonds. The van der Waals surface area contributed by atoms with Crippen molar-refractivity contribution in [3.8, 4) is 21.4 Å². The van der Waals surface area contributed by atoms with Crippen LogP contribution in [-0.2, 0) is 6.42 Å². The molecule has 0 aromatic carbocycles. The molecule has 17 heavy (non-hydrogen) atoms. The topological polar surface area (TPSA) is 41.6 Å². The third-order valence-corrected chi connectivity index (χ3v) is 4.40. The van der Waals surface area contributed by atoms with E-state index < -0.39 is 0 Å². The Kier molecular flexibility index (Phi) is 2.78. The minimum absolute atomic E-state index is 0.783. The van der Waals surface area contributed by atoms with Gasteiger partial charge in [0.25, 0.3) is 0 Å². The van der Waals surface area contributed by atoms with Gasteiger partial charge in [0.15, 0.2) is 11.6 Å². The van der Waals surface area contributed by atoms with Crippen molar-refractivity contribution in [1.82, 2.24) is 15.2 Å². The molecule has 1 N–H and O–H groups in total. The molecule has 0 radical (unpaired) electrons. The molecule has 5 heteroatoms. The molecule has 0 aliphatic heterocycles. The van der Waals surface area contributed by atoms with E-state index in [2.05, 4.69) is 33.6 Å². The molecular weight excluding hydrogens is 250 g/mol. The maximum atomic E-state index is 4.56. The van der Waals surface area contributed by atoms with Gasteiger partial charge in [0.05, 0.1) is 9.75 Å². The lowest BCUT2D eigenvalue weighted by atomic mass is 10.2. The molecule has 0 saturated heterocycles. The Balaban J connectivity index is 2.01. The number of rotatable bonds is 3. The highest BCUT2D eigenvalue weighted by Crippen LogP contribution is 2.29. The Morgan fingerprint density at radius 3 is 2.94 bits per heavy atom. The summed E-state index contributed by atoms with van der Waals surface area (Å²) in [5.74, 6) is 1.66. The van der Waals surface area contributed by atoms with E-state index in [4.69, 9.17) is 0 Å². The van der Waals surface area contributed by atoms with E-state index >= 15 is 0 Å². The fraction of sp³-hybridized carbons (Fsp3) is 0.167. The van der Waals surface area contributed by atoms with Crippen molar-refractivity contribution in [2.75, 3.05) is 0 Å². The van der Waals surface area contributed by atoms with Crippen molar-refractivity contribution in [1.29, 1.82) is 0 Å². The Hall–Kier alpha value is -1.46. The molecule has 0 spiro atoms. The molecule has 3 nitrogen and oxygen atoms in total. The first kappa shape index (κ1) is 10.7. The Morgan fingerprint density at radius 1 is 1.24 bits per heavy atom. The molecule has 0 aliphatic carbocycles. The Bertz CT molecular complexity index is 607. The predicted octanol–water partition coefficient (Wildman–Crippen LogP) is 3.82. The van der Waals surface area contributed by atoms with Crippen LogP contribution in [0.5, 0.6) is 0 Å². The highest BCUT2D eigenvalue weighted by atomic mass is 32.1. The lowest BCUT2D eigenvalue weighted by molar-refractivity contribution is 1.09. The van der Waals surface area contributed by atoms with Crippen LogP contribution in [-0.4, -0.2) is 15.2 Å². The van der Waals surface area contributed by atoms with Crippen LogP contribution in [0, 0.1) is 0 Å². The van der Waals surface area contributed by atoms with E-state index in [1.165, 1.54) is 10.4 Å². The van der Waals surface area contributed by atoms with Crippen molar-refractivity contribution < 1.29 is 0 Å². The normalized spacial score (nSPS) is 10.9. The minimum Gasteiger partial charge on any atom is -0.258 e. The highest BCUT2D eigenvalue weighted by molar-refractivity contribution is 7.14. The standard InChI is InChI=1S/C12H11N3S2/c1-2-8-5-7-17-10(8)12-13-11(14-15-12)9-4-3-6-16-9/h3-7H,2H2,1H3,(H,13,14,15). The summed E-state index contributed by atoms with van der Waals surface area (Å²) in [6.45, 7) is 2.15. The van der Waals surface area contributed by atoms with Crippen molar-refractivity contribution in [2.24, 2.45) is 0 Å². The first-order chi connectivity index (χ1) is 8.38. The van der Waals surface area contributed by atoms with E-state index in [0.29, 0.717) is 0 Å². The maximum Gasteiger partial charge on any atom is 0.191 e. The summed E-state index contributed by atoms with van der Waals surface area (Å²) in [4.78, 5) is 6.85. The number of hydrogen-bond donors (Lipinski definition) is 1. The summed E-state index contributed by atoms with van der Waals surface area (Å²) in [5.41, 5.74) is 1.32. The quantitative estimate of drug-likeness (QED) is 0.778. The van der Waals surface area contributed by atoms with Crippen LogP contribution in [0.1, 0.15) is 12.5 Å². The molecule has 86 valence electrons. The summed E-state index contributed by atoms with van der Waals surface area (Å²) >= 11 is 3.36. The van der Waals surface area contributed by atoms with Crippen LogP contribution >= 0.6 is 22.7 Å². The maximum absolute atomic E-state index is 4.56. The van der Waals surface area contributed by atoms with Crippen molar-refractivity contribution in [3.63, 3.8) is 0 Å². The molecule has 0 fully saturated rings. The largest absolute Gasteiger partial charge is 0.258 e. The van der Waals surface area contributed by atoms with E-state index in [1.54, 1.807) is 22.7 Å². The highest BCUT2D eigenvalue weighted by Gasteiger charge is 2.12. The molecule has 0 bridgehead atoms. The number of hydrogen-bond acceptors (Lipinski definition) is 4. The Labute approximate surface area is 107 Å². The summed E-state index contributed by atoms with van der Waals surface area (Å²) in [6.07, 6.45) is 1.02. The van der Waals surface area contributed by atoms with Crippen molar-refractivity contribution >= 4 is 22.7 Å². The monoisotopic (exact) mass is 261 g/mol. The molecule has 0 aliphatic rings. The lowest BCUT2D eigenvalue weighted by Crippen LogP contribution is -1.82. The van der Waals surface area contributed by atoms with Gasteiger partial charge in [-0.1, -0.05) is 13.0 Å². The third kappa shape index (κ3) is 1.92. The van der Waals surface area contributed by atoms with Gasteiger partial charge in [-0.3, -0.25) is 5.10 Å². The molecule has 0 unspecified atom stereocenters. The van der Waals surface area contributed by atoms with Crippen LogP contribution < -0.4 is 0 Å². The number of aromatic amines is 1. The van der Waals surface area contributed by atoms with E-state index in [0.717, 1.165) is 22.9 Å². The van der Waals surface area contributed by atoms with Gasteiger partial charge in [-0.05, 0) is 34.9 Å². The molecule has 3 rings (SSSR count). The van der Waals surface area contributed by atoms with E-state index in [-0.39, 0.29) is 0 Å². The first-order valence-corrected chi connectivity index (χ1v) is 7.17. The molecule has 3 aromatic heterocycles. The smallest absolute Gasteiger partial charge is 0.191 e. The zero-order chi connectivity index (χ0) is 11.7. The van der Waals surface area contributed by atoms with E-state index in [9.17, 15) is 0 Å². The van der Waals surface area contributed by atoms with Crippen LogP contribution in [0.2, 0.25) is 0 Å². The van der Waals surface area contributed by atoms with Gasteiger partial charge >= 0.3 is 0 Å². The summed E-state index contributed by atoms with van der Waals surface area (Å²) in [6, 6.07) is 6.19. The zero-order valence-corrected chi connectivity index (χ0v) is 10.9. The second-order valence-corrected chi connectivity index (χ2v) is 5.48. The van der Waals surface area contributed by atoms with Gasteiger partial charge in [-0.25, -0.2) is 4.98 Å². The van der Waals surface area contributed by atoms with Gasteiger partial charge < -0.3 is 0 Å². The lowest BCUT2D eigenvalue weighted by Gasteiger charge is -1.94. The number of aryl methyl sites for hydroxylation is 1. The van der Waals surface area contributed by atoms with Crippen LogP contribution in [0.3, 0.4) is 0 Å². The Morgan fingerprint density at radius 2 is 2.18 bits per heavy atom. The molecule has 0 saturated carbocycles. The summed E-state index contributed by atoms with van der Waals surface area (Å²) in [7, 11) is 0. The van der Waals surface area contributed by atoms with Crippen molar-refractivity contribution in [2.45, 2.75) is 13.3 Å². The number of nitrogens with zero attached hydrogens (tertiary/aromatic N) is 2. The molecular formula is C12H11N3S2. The fourth-order valence-corrected chi connectivity index (χ4v) is 3.29. The zero-order valence-electron chi connectivity index (χ0n) is 9.30. The average molecular weight is 261 g/mol. The minimum atomic E-state index is 0.783.